The van der Waals surface area contributed by atoms with Crippen LogP contribution in [0.2, 0.25) is 0 Å². The van der Waals surface area contributed by atoms with Crippen molar-refractivity contribution < 1.29 is 31.3 Å². The van der Waals surface area contributed by atoms with E-state index in [0.29, 0.717) is 5.56 Å². The molecule has 5 nitrogen and oxygen atoms in total. The Morgan fingerprint density at radius 2 is 1.85 bits per heavy atom. The fourth-order valence-corrected chi connectivity index (χ4v) is 4.37. The smallest absolute Gasteiger partial charge is 0.257 e. The highest BCUT2D eigenvalue weighted by Gasteiger charge is 2.31. The molecule has 0 unspecified atom stereocenters. The van der Waals surface area contributed by atoms with Crippen LogP contribution in [0.15, 0.2) is 48.7 Å². The van der Waals surface area contributed by atoms with Crippen LogP contribution in [-0.4, -0.2) is 25.7 Å². The van der Waals surface area contributed by atoms with Gasteiger partial charge < -0.3 is 10.0 Å². The van der Waals surface area contributed by atoms with Crippen molar-refractivity contribution in [2.45, 2.75) is 32.4 Å². The lowest BCUT2D eigenvalue weighted by Crippen LogP contribution is -2.25. The minimum absolute atomic E-state index is 0.0137. The molecule has 4 aromatic rings. The quantitative estimate of drug-likeness (QED) is 0.454. The second kappa shape index (κ2) is 7.70. The SMILES string of the molecule is [2H]C([2H])([2H])C(O)(c1ccc(-c2cc(F)c(CN3Cc4cccc(F)c4C3=O)c(F)c2)c2cn(C)nc12)C([2H])([2H])[2H]. The molecule has 3 aromatic carbocycles. The van der Waals surface area contributed by atoms with Crippen molar-refractivity contribution in [2.24, 2.45) is 7.05 Å². The molecule has 34 heavy (non-hydrogen) atoms. The van der Waals surface area contributed by atoms with Gasteiger partial charge in [-0.2, -0.15) is 5.10 Å². The number of benzene rings is 3. The summed E-state index contributed by atoms with van der Waals surface area (Å²) in [5, 5.41) is 15.3. The summed E-state index contributed by atoms with van der Waals surface area (Å²) < 4.78 is 92.6. The summed E-state index contributed by atoms with van der Waals surface area (Å²) in [6, 6.07) is 8.52. The van der Waals surface area contributed by atoms with Crippen molar-refractivity contribution in [2.75, 3.05) is 0 Å². The Hall–Kier alpha value is -3.65. The fourth-order valence-electron chi connectivity index (χ4n) is 4.37. The predicted molar refractivity (Wildman–Crippen MR) is 121 cm³/mol. The Balaban J connectivity index is 1.57. The van der Waals surface area contributed by atoms with Crippen molar-refractivity contribution in [1.82, 2.24) is 14.7 Å². The zero-order valence-electron chi connectivity index (χ0n) is 23.9. The van der Waals surface area contributed by atoms with Gasteiger partial charge in [0.2, 0.25) is 0 Å². The number of halogens is 3. The number of nitrogens with zero attached hydrogens (tertiary/aromatic N) is 3. The number of hydrogen-bond acceptors (Lipinski definition) is 3. The summed E-state index contributed by atoms with van der Waals surface area (Å²) in [6.45, 7) is -7.18. The van der Waals surface area contributed by atoms with Gasteiger partial charge in [0.1, 0.15) is 17.5 Å². The predicted octanol–water partition coefficient (Wildman–Crippen LogP) is 5.04. The molecule has 0 saturated carbocycles. The van der Waals surface area contributed by atoms with Gasteiger partial charge >= 0.3 is 0 Å². The van der Waals surface area contributed by atoms with Crippen molar-refractivity contribution in [1.29, 1.82) is 0 Å². The number of amides is 1. The largest absolute Gasteiger partial charge is 0.386 e. The first-order valence-electron chi connectivity index (χ1n) is 13.3. The average Bonchev–Trinajstić information content (AvgIpc) is 3.38. The average molecular weight is 472 g/mol. The minimum Gasteiger partial charge on any atom is -0.386 e. The monoisotopic (exact) mass is 471 g/mol. The molecule has 8 heteroatoms. The first kappa shape index (κ1) is 16.1. The molecule has 174 valence electrons. The molecule has 0 saturated heterocycles. The van der Waals surface area contributed by atoms with Gasteiger partial charge in [0, 0.05) is 44.5 Å². The van der Waals surface area contributed by atoms with Gasteiger partial charge in [0.15, 0.2) is 0 Å². The van der Waals surface area contributed by atoms with Gasteiger partial charge in [-0.15, -0.1) is 0 Å². The molecule has 0 spiro atoms. The summed E-state index contributed by atoms with van der Waals surface area (Å²) in [4.78, 5) is 13.8. The maximum Gasteiger partial charge on any atom is 0.257 e. The molecule has 1 amide bonds. The highest BCUT2D eigenvalue weighted by Crippen LogP contribution is 2.36. The number of aromatic nitrogens is 2. The maximum atomic E-state index is 15.3. The molecule has 1 aliphatic heterocycles. The fraction of sp³-hybridized carbons (Fsp3) is 0.231. The van der Waals surface area contributed by atoms with Gasteiger partial charge in [-0.3, -0.25) is 9.48 Å². The number of fused-ring (bicyclic) bond motifs is 2. The standard InChI is InChI=1S/C26H22F3N3O2/c1-26(2,34)19-8-7-16(17-12-31(3)30-24(17)19)15-9-21(28)18(22(29)10-15)13-32-11-14-5-4-6-20(27)23(14)25(32)33/h4-10,12,34H,11,13H2,1-3H3/i1D3,2D3. The summed E-state index contributed by atoms with van der Waals surface area (Å²) >= 11 is 0. The number of aliphatic hydroxyl groups is 1. The van der Waals surface area contributed by atoms with E-state index < -0.39 is 60.3 Å². The van der Waals surface area contributed by atoms with Gasteiger partial charge in [-0.05, 0) is 48.6 Å². The molecule has 0 bridgehead atoms. The third-order valence-electron chi connectivity index (χ3n) is 5.94. The van der Waals surface area contributed by atoms with E-state index in [1.807, 2.05) is 0 Å². The molecule has 1 N–H and O–H groups in total. The van der Waals surface area contributed by atoms with Crippen LogP contribution in [0.4, 0.5) is 13.2 Å². The lowest BCUT2D eigenvalue weighted by Gasteiger charge is -2.20. The van der Waals surface area contributed by atoms with Crippen LogP contribution in [0.25, 0.3) is 22.0 Å². The minimum atomic E-state index is -3.36. The van der Waals surface area contributed by atoms with Crippen LogP contribution in [0.5, 0.6) is 0 Å². The van der Waals surface area contributed by atoms with Gasteiger partial charge in [-0.25, -0.2) is 13.2 Å². The van der Waals surface area contributed by atoms with Crippen molar-refractivity contribution in [3.05, 3.63) is 88.4 Å². The molecular weight excluding hydrogens is 443 g/mol. The van der Waals surface area contributed by atoms with Crippen molar-refractivity contribution >= 4 is 16.8 Å². The number of carbonyl (C=O) groups excluding carboxylic acids is 1. The highest BCUT2D eigenvalue weighted by atomic mass is 19.1. The molecule has 2 heterocycles. The van der Waals surface area contributed by atoms with E-state index in [4.69, 9.17) is 8.22 Å². The van der Waals surface area contributed by atoms with Gasteiger partial charge in [0.25, 0.3) is 5.91 Å². The number of carbonyl (C=O) groups is 1. The number of rotatable bonds is 4. The molecule has 0 aliphatic carbocycles. The van der Waals surface area contributed by atoms with E-state index in [9.17, 15) is 14.3 Å². The topological polar surface area (TPSA) is 58.4 Å². The molecule has 1 aromatic heterocycles. The zero-order valence-corrected chi connectivity index (χ0v) is 17.9. The van der Waals surface area contributed by atoms with Crippen LogP contribution in [0.3, 0.4) is 0 Å². The Kier molecular flexibility index (Phi) is 3.64. The van der Waals surface area contributed by atoms with E-state index in [1.165, 1.54) is 30.1 Å². The lowest BCUT2D eigenvalue weighted by atomic mass is 9.91. The Labute approximate surface area is 202 Å². The van der Waals surface area contributed by atoms with Crippen molar-refractivity contribution in [3.8, 4) is 11.1 Å². The summed E-state index contributed by atoms with van der Waals surface area (Å²) in [5.41, 5.74) is -3.83. The third kappa shape index (κ3) is 3.54. The van der Waals surface area contributed by atoms with E-state index in [2.05, 4.69) is 5.10 Å². The molecule has 5 rings (SSSR count). The molecule has 0 atom stereocenters. The van der Waals surface area contributed by atoms with Crippen LogP contribution in [-0.2, 0) is 25.7 Å². The van der Waals surface area contributed by atoms with E-state index in [-0.39, 0.29) is 34.1 Å². The Morgan fingerprint density at radius 1 is 1.12 bits per heavy atom. The lowest BCUT2D eigenvalue weighted by molar-refractivity contribution is 0.0759. The van der Waals surface area contributed by atoms with E-state index in [1.54, 1.807) is 6.07 Å². The Bertz CT molecular complexity index is 1650. The van der Waals surface area contributed by atoms with Gasteiger partial charge in [-0.1, -0.05) is 24.3 Å². The molecule has 0 fully saturated rings. The number of aryl methyl sites for hydroxylation is 1. The number of hydrogen-bond donors (Lipinski definition) is 1. The second-order valence-electron chi connectivity index (χ2n) is 8.29. The van der Waals surface area contributed by atoms with Crippen LogP contribution >= 0.6 is 0 Å². The maximum absolute atomic E-state index is 15.3. The second-order valence-corrected chi connectivity index (χ2v) is 8.29. The van der Waals surface area contributed by atoms with Crippen LogP contribution in [0.1, 0.15) is 49.0 Å². The first-order chi connectivity index (χ1) is 18.5. The third-order valence-corrected chi connectivity index (χ3v) is 5.94. The first-order valence-corrected chi connectivity index (χ1v) is 10.3. The van der Waals surface area contributed by atoms with E-state index >= 15 is 8.78 Å². The van der Waals surface area contributed by atoms with E-state index in [0.717, 1.165) is 29.2 Å². The van der Waals surface area contributed by atoms with Gasteiger partial charge in [0.05, 0.1) is 23.2 Å². The summed E-state index contributed by atoms with van der Waals surface area (Å²) in [6.07, 6.45) is 1.41. The normalized spacial score (nSPS) is 17.1. The zero-order chi connectivity index (χ0) is 29.4. The summed E-state index contributed by atoms with van der Waals surface area (Å²) in [7, 11) is 1.48. The van der Waals surface area contributed by atoms with Crippen molar-refractivity contribution in [3.63, 3.8) is 0 Å². The molecular formula is C26H22F3N3O2. The summed E-state index contributed by atoms with van der Waals surface area (Å²) in [5.74, 6) is -3.36. The van der Waals surface area contributed by atoms with Crippen LogP contribution in [0, 0.1) is 17.5 Å². The molecule has 1 aliphatic rings. The Morgan fingerprint density at radius 3 is 2.53 bits per heavy atom. The highest BCUT2D eigenvalue weighted by molar-refractivity contribution is 5.99. The van der Waals surface area contributed by atoms with Crippen LogP contribution < -0.4 is 0 Å². The molecule has 0 radical (unpaired) electrons.